The lowest BCUT2D eigenvalue weighted by Crippen LogP contribution is -2.28. The lowest BCUT2D eigenvalue weighted by Gasteiger charge is -2.21. The number of carbonyl (C=O) groups is 1. The lowest BCUT2D eigenvalue weighted by atomic mass is 10.0. The SMILES string of the molecule is CCC(C(=O)O)n1c2c(c3c(O)c(OCc4ccccc4)ccc31)CCNC2. The number of benzene rings is 2. The Morgan fingerprint density at radius 3 is 2.75 bits per heavy atom. The van der Waals surface area contributed by atoms with Crippen molar-refractivity contribution < 1.29 is 19.7 Å². The Labute approximate surface area is 163 Å². The molecule has 3 N–H and O–H groups in total. The van der Waals surface area contributed by atoms with Gasteiger partial charge in [-0.05, 0) is 42.6 Å². The molecule has 146 valence electrons. The molecule has 1 aliphatic heterocycles. The number of rotatable bonds is 6. The first-order valence-electron chi connectivity index (χ1n) is 9.59. The summed E-state index contributed by atoms with van der Waals surface area (Å²) in [7, 11) is 0. The molecule has 0 radical (unpaired) electrons. The van der Waals surface area contributed by atoms with E-state index in [1.165, 1.54) is 0 Å². The molecule has 2 heterocycles. The van der Waals surface area contributed by atoms with E-state index in [0.29, 0.717) is 30.7 Å². The minimum Gasteiger partial charge on any atom is -0.504 e. The van der Waals surface area contributed by atoms with Crippen molar-refractivity contribution in [3.05, 3.63) is 59.3 Å². The molecule has 0 aliphatic carbocycles. The summed E-state index contributed by atoms with van der Waals surface area (Å²) in [6.07, 6.45) is 1.21. The lowest BCUT2D eigenvalue weighted by molar-refractivity contribution is -0.140. The van der Waals surface area contributed by atoms with E-state index in [4.69, 9.17) is 4.74 Å². The maximum Gasteiger partial charge on any atom is 0.326 e. The smallest absolute Gasteiger partial charge is 0.326 e. The van der Waals surface area contributed by atoms with Gasteiger partial charge in [0.05, 0.1) is 5.52 Å². The summed E-state index contributed by atoms with van der Waals surface area (Å²) in [6.45, 7) is 3.61. The molecule has 3 aromatic rings. The van der Waals surface area contributed by atoms with E-state index < -0.39 is 12.0 Å². The largest absolute Gasteiger partial charge is 0.504 e. The van der Waals surface area contributed by atoms with Crippen LogP contribution in [0.5, 0.6) is 11.5 Å². The van der Waals surface area contributed by atoms with Gasteiger partial charge in [-0.25, -0.2) is 4.79 Å². The van der Waals surface area contributed by atoms with Crippen LogP contribution < -0.4 is 10.1 Å². The topological polar surface area (TPSA) is 83.7 Å². The van der Waals surface area contributed by atoms with E-state index in [2.05, 4.69) is 5.32 Å². The Hall–Kier alpha value is -2.99. The van der Waals surface area contributed by atoms with Gasteiger partial charge in [0.25, 0.3) is 0 Å². The van der Waals surface area contributed by atoms with E-state index in [1.54, 1.807) is 6.07 Å². The molecule has 6 heteroatoms. The van der Waals surface area contributed by atoms with Gasteiger partial charge in [-0.1, -0.05) is 37.3 Å². The van der Waals surface area contributed by atoms with Crippen LogP contribution in [-0.2, 0) is 24.4 Å². The van der Waals surface area contributed by atoms with Gasteiger partial charge in [0.2, 0.25) is 0 Å². The summed E-state index contributed by atoms with van der Waals surface area (Å²) in [6, 6.07) is 12.7. The van der Waals surface area contributed by atoms with Crippen LogP contribution >= 0.6 is 0 Å². The summed E-state index contributed by atoms with van der Waals surface area (Å²) in [4.78, 5) is 11.8. The van der Waals surface area contributed by atoms with Crippen molar-refractivity contribution in [1.82, 2.24) is 9.88 Å². The highest BCUT2D eigenvalue weighted by Gasteiger charge is 2.29. The average molecular weight is 380 g/mol. The quantitative estimate of drug-likeness (QED) is 0.608. The van der Waals surface area contributed by atoms with Gasteiger partial charge in [0.1, 0.15) is 12.6 Å². The normalized spacial score (nSPS) is 14.6. The fourth-order valence-corrected chi connectivity index (χ4v) is 4.05. The zero-order valence-electron chi connectivity index (χ0n) is 15.8. The Morgan fingerprint density at radius 2 is 2.04 bits per heavy atom. The molecule has 1 unspecified atom stereocenters. The number of phenols is 1. The van der Waals surface area contributed by atoms with Gasteiger partial charge in [0, 0.05) is 17.6 Å². The Kier molecular flexibility index (Phi) is 4.96. The standard InChI is InChI=1S/C22H24N2O4/c1-2-16(22(26)27)24-17-8-9-19(28-13-14-6-4-3-5-7-14)21(25)20(17)15-10-11-23-12-18(15)24/h3-9,16,23,25H,2,10-13H2,1H3,(H,26,27). The highest BCUT2D eigenvalue weighted by molar-refractivity contribution is 5.94. The van der Waals surface area contributed by atoms with Crippen LogP contribution in [0.15, 0.2) is 42.5 Å². The molecule has 1 aliphatic rings. The van der Waals surface area contributed by atoms with E-state index in [-0.39, 0.29) is 5.75 Å². The van der Waals surface area contributed by atoms with Crippen molar-refractivity contribution in [2.45, 2.75) is 39.0 Å². The molecule has 1 atom stereocenters. The number of aromatic hydroxyl groups is 1. The van der Waals surface area contributed by atoms with Crippen LogP contribution in [0, 0.1) is 0 Å². The number of carboxylic acid groups (broad SMARTS) is 1. The third-order valence-corrected chi connectivity index (χ3v) is 5.38. The number of ether oxygens (including phenoxy) is 1. The fourth-order valence-electron chi connectivity index (χ4n) is 4.05. The second kappa shape index (κ2) is 7.56. The molecule has 0 saturated carbocycles. The number of hydrogen-bond acceptors (Lipinski definition) is 4. The molecule has 4 rings (SSSR count). The second-order valence-corrected chi connectivity index (χ2v) is 7.07. The van der Waals surface area contributed by atoms with Crippen LogP contribution in [0.3, 0.4) is 0 Å². The maximum atomic E-state index is 11.8. The minimum atomic E-state index is -0.864. The molecule has 0 spiro atoms. The minimum absolute atomic E-state index is 0.0885. The second-order valence-electron chi connectivity index (χ2n) is 7.07. The van der Waals surface area contributed by atoms with E-state index in [9.17, 15) is 15.0 Å². The summed E-state index contributed by atoms with van der Waals surface area (Å²) < 4.78 is 7.74. The summed E-state index contributed by atoms with van der Waals surface area (Å²) >= 11 is 0. The molecule has 0 amide bonds. The summed E-state index contributed by atoms with van der Waals surface area (Å²) in [5.74, 6) is -0.361. The van der Waals surface area contributed by atoms with Gasteiger partial charge in [0.15, 0.2) is 11.5 Å². The molecule has 0 fully saturated rings. The Bertz CT molecular complexity index is 1010. The van der Waals surface area contributed by atoms with Crippen molar-refractivity contribution in [2.24, 2.45) is 0 Å². The number of carboxylic acids is 1. The monoisotopic (exact) mass is 380 g/mol. The van der Waals surface area contributed by atoms with Crippen LogP contribution in [0.4, 0.5) is 0 Å². The molecule has 0 saturated heterocycles. The number of aromatic nitrogens is 1. The predicted octanol–water partition coefficient (Wildman–Crippen LogP) is 3.61. The van der Waals surface area contributed by atoms with Crippen LogP contribution in [0.1, 0.15) is 36.2 Å². The Balaban J connectivity index is 1.80. The molecule has 2 aromatic carbocycles. The van der Waals surface area contributed by atoms with Crippen LogP contribution in [0.25, 0.3) is 10.9 Å². The van der Waals surface area contributed by atoms with Crippen molar-refractivity contribution in [3.63, 3.8) is 0 Å². The van der Waals surface area contributed by atoms with Crippen molar-refractivity contribution in [2.75, 3.05) is 6.54 Å². The Morgan fingerprint density at radius 1 is 1.25 bits per heavy atom. The molecular weight excluding hydrogens is 356 g/mol. The molecular formula is C22H24N2O4. The summed E-state index contributed by atoms with van der Waals surface area (Å²) in [5.41, 5.74) is 3.71. The van der Waals surface area contributed by atoms with E-state index in [1.807, 2.05) is 47.9 Å². The fraction of sp³-hybridized carbons (Fsp3) is 0.318. The van der Waals surface area contributed by atoms with E-state index in [0.717, 1.165) is 35.3 Å². The number of nitrogens with one attached hydrogen (secondary N) is 1. The third kappa shape index (κ3) is 3.10. The third-order valence-electron chi connectivity index (χ3n) is 5.38. The molecule has 0 bridgehead atoms. The first kappa shape index (κ1) is 18.4. The van der Waals surface area contributed by atoms with Gasteiger partial charge in [-0.15, -0.1) is 0 Å². The number of nitrogens with zero attached hydrogens (tertiary/aromatic N) is 1. The van der Waals surface area contributed by atoms with Crippen LogP contribution in [0.2, 0.25) is 0 Å². The maximum absolute atomic E-state index is 11.8. The number of aliphatic carboxylic acids is 1. The van der Waals surface area contributed by atoms with Gasteiger partial charge in [-0.3, -0.25) is 0 Å². The van der Waals surface area contributed by atoms with Gasteiger partial charge in [-0.2, -0.15) is 0 Å². The predicted molar refractivity (Wildman–Crippen MR) is 107 cm³/mol. The number of hydrogen-bond donors (Lipinski definition) is 3. The van der Waals surface area contributed by atoms with Gasteiger partial charge >= 0.3 is 5.97 Å². The zero-order chi connectivity index (χ0) is 19.7. The number of fused-ring (bicyclic) bond motifs is 3. The van der Waals surface area contributed by atoms with Crippen molar-refractivity contribution in [3.8, 4) is 11.5 Å². The average Bonchev–Trinajstić information content (AvgIpc) is 3.04. The van der Waals surface area contributed by atoms with Crippen LogP contribution in [-0.4, -0.2) is 27.3 Å². The molecule has 28 heavy (non-hydrogen) atoms. The highest BCUT2D eigenvalue weighted by atomic mass is 16.5. The highest BCUT2D eigenvalue weighted by Crippen LogP contribution is 2.42. The van der Waals surface area contributed by atoms with Crippen molar-refractivity contribution in [1.29, 1.82) is 0 Å². The summed E-state index contributed by atoms with van der Waals surface area (Å²) in [5, 5.41) is 24.7. The van der Waals surface area contributed by atoms with Crippen molar-refractivity contribution >= 4 is 16.9 Å². The molecule has 6 nitrogen and oxygen atoms in total. The zero-order valence-corrected chi connectivity index (χ0v) is 15.8. The van der Waals surface area contributed by atoms with E-state index >= 15 is 0 Å². The first-order valence-corrected chi connectivity index (χ1v) is 9.59. The molecule has 1 aromatic heterocycles. The first-order chi connectivity index (χ1) is 13.6. The number of phenolic OH excluding ortho intramolecular Hbond substituents is 1. The van der Waals surface area contributed by atoms with Gasteiger partial charge < -0.3 is 24.8 Å².